The lowest BCUT2D eigenvalue weighted by molar-refractivity contribution is -0.159. The van der Waals surface area contributed by atoms with E-state index in [-0.39, 0.29) is 24.4 Å². The lowest BCUT2D eigenvalue weighted by Gasteiger charge is -2.46. The molecule has 1 saturated heterocycles. The van der Waals surface area contributed by atoms with Crippen LogP contribution in [0.15, 0.2) is 42.5 Å². The Labute approximate surface area is 186 Å². The maximum Gasteiger partial charge on any atom is 0.246 e. The lowest BCUT2D eigenvalue weighted by atomic mass is 9.90. The van der Waals surface area contributed by atoms with Gasteiger partial charge in [0.05, 0.1) is 26.8 Å². The second-order valence-corrected chi connectivity index (χ2v) is 8.46. The number of fused-ring (bicyclic) bond motifs is 4. The van der Waals surface area contributed by atoms with Crippen LogP contribution in [0, 0.1) is 0 Å². The molecule has 2 atom stereocenters. The Morgan fingerprint density at radius 3 is 2.62 bits per heavy atom. The predicted octanol–water partition coefficient (Wildman–Crippen LogP) is 3.08. The summed E-state index contributed by atoms with van der Waals surface area (Å²) in [6.07, 6.45) is 1.18. The maximum absolute atomic E-state index is 13.4. The van der Waals surface area contributed by atoms with Crippen molar-refractivity contribution in [2.24, 2.45) is 0 Å². The highest BCUT2D eigenvalue weighted by atomic mass is 16.5. The van der Waals surface area contributed by atoms with Crippen LogP contribution in [0.2, 0.25) is 0 Å². The molecule has 7 heteroatoms. The summed E-state index contributed by atoms with van der Waals surface area (Å²) in [6.45, 7) is 2.60. The van der Waals surface area contributed by atoms with Gasteiger partial charge in [-0.2, -0.15) is 0 Å². The number of aromatic amines is 1. The molecule has 0 unspecified atom stereocenters. The molecule has 2 aromatic carbocycles. The van der Waals surface area contributed by atoms with Gasteiger partial charge < -0.3 is 24.3 Å². The zero-order chi connectivity index (χ0) is 22.4. The Bertz CT molecular complexity index is 1200. The molecule has 2 amide bonds. The van der Waals surface area contributed by atoms with E-state index in [2.05, 4.69) is 11.1 Å². The van der Waals surface area contributed by atoms with Crippen molar-refractivity contribution in [3.63, 3.8) is 0 Å². The Balaban J connectivity index is 1.38. The molecule has 0 saturated carbocycles. The fourth-order valence-corrected chi connectivity index (χ4v) is 5.12. The van der Waals surface area contributed by atoms with Crippen molar-refractivity contribution < 1.29 is 19.1 Å². The summed E-state index contributed by atoms with van der Waals surface area (Å²) in [5.41, 5.74) is 4.27. The molecule has 1 N–H and O–H groups in total. The number of H-pyrrole nitrogens is 1. The second-order valence-electron chi connectivity index (χ2n) is 8.46. The molecule has 1 fully saturated rings. The van der Waals surface area contributed by atoms with E-state index in [9.17, 15) is 9.59 Å². The summed E-state index contributed by atoms with van der Waals surface area (Å²) < 4.78 is 10.7. The minimum Gasteiger partial charge on any atom is -0.493 e. The Morgan fingerprint density at radius 2 is 1.84 bits per heavy atom. The van der Waals surface area contributed by atoms with Gasteiger partial charge in [0.25, 0.3) is 0 Å². The van der Waals surface area contributed by atoms with Gasteiger partial charge in [0.15, 0.2) is 11.5 Å². The standard InChI is InChI=1S/C25H27N3O4/c1-15-24-18(17-6-4-5-7-19(17)26-24)13-20-25(30)27(14-23(29)28(15)20)11-10-16-8-9-21(31-2)22(12-16)32-3/h4-9,12,15,20,26H,10-11,13-14H2,1-3H3/t15-,20+/m1/s1. The number of aromatic nitrogens is 1. The summed E-state index contributed by atoms with van der Waals surface area (Å²) in [7, 11) is 3.21. The smallest absolute Gasteiger partial charge is 0.246 e. The van der Waals surface area contributed by atoms with Crippen molar-refractivity contribution in [2.75, 3.05) is 27.3 Å². The van der Waals surface area contributed by atoms with Crippen molar-refractivity contribution >= 4 is 22.7 Å². The third-order valence-corrected chi connectivity index (χ3v) is 6.74. The first-order valence-corrected chi connectivity index (χ1v) is 10.9. The quantitative estimate of drug-likeness (QED) is 0.671. The number of benzene rings is 2. The molecule has 7 nitrogen and oxygen atoms in total. The fourth-order valence-electron chi connectivity index (χ4n) is 5.12. The van der Waals surface area contributed by atoms with Crippen LogP contribution in [0.1, 0.15) is 29.8 Å². The molecule has 2 aliphatic rings. The van der Waals surface area contributed by atoms with E-state index in [1.54, 1.807) is 24.0 Å². The van der Waals surface area contributed by atoms with Crippen LogP contribution in [-0.4, -0.2) is 59.9 Å². The average molecular weight is 434 g/mol. The predicted molar refractivity (Wildman–Crippen MR) is 121 cm³/mol. The first kappa shape index (κ1) is 20.4. The van der Waals surface area contributed by atoms with Gasteiger partial charge in [-0.1, -0.05) is 24.3 Å². The van der Waals surface area contributed by atoms with E-state index in [0.29, 0.717) is 30.9 Å². The third-order valence-electron chi connectivity index (χ3n) is 6.74. The van der Waals surface area contributed by atoms with Crippen LogP contribution in [0.3, 0.4) is 0 Å². The number of carbonyl (C=O) groups is 2. The number of nitrogens with zero attached hydrogens (tertiary/aromatic N) is 2. The summed E-state index contributed by atoms with van der Waals surface area (Å²) in [6, 6.07) is 13.3. The minimum absolute atomic E-state index is 0.00119. The highest BCUT2D eigenvalue weighted by molar-refractivity contribution is 5.97. The molecule has 166 valence electrons. The molecule has 0 radical (unpaired) electrons. The zero-order valence-electron chi connectivity index (χ0n) is 18.6. The van der Waals surface area contributed by atoms with Crippen LogP contribution in [0.5, 0.6) is 11.5 Å². The number of hydrogen-bond acceptors (Lipinski definition) is 4. The average Bonchev–Trinajstić information content (AvgIpc) is 3.19. The fraction of sp³-hybridized carbons (Fsp3) is 0.360. The van der Waals surface area contributed by atoms with Gasteiger partial charge in [-0.25, -0.2) is 0 Å². The number of carbonyl (C=O) groups excluding carboxylic acids is 2. The number of amides is 2. The molecule has 32 heavy (non-hydrogen) atoms. The lowest BCUT2D eigenvalue weighted by Crippen LogP contribution is -2.62. The number of methoxy groups -OCH3 is 2. The van der Waals surface area contributed by atoms with Crippen LogP contribution >= 0.6 is 0 Å². The van der Waals surface area contributed by atoms with Gasteiger partial charge in [-0.15, -0.1) is 0 Å². The van der Waals surface area contributed by atoms with Crippen molar-refractivity contribution in [3.8, 4) is 11.5 Å². The molecule has 0 bridgehead atoms. The van der Waals surface area contributed by atoms with Gasteiger partial charge in [0, 0.05) is 29.6 Å². The van der Waals surface area contributed by atoms with Gasteiger partial charge in [0.2, 0.25) is 11.8 Å². The van der Waals surface area contributed by atoms with E-state index >= 15 is 0 Å². The summed E-state index contributed by atoms with van der Waals surface area (Å²) in [5.74, 6) is 1.35. The molecular formula is C25H27N3O4. The van der Waals surface area contributed by atoms with Crippen molar-refractivity contribution in [3.05, 3.63) is 59.3 Å². The molecule has 0 spiro atoms. The molecule has 1 aromatic heterocycles. The van der Waals surface area contributed by atoms with E-state index in [1.165, 1.54) is 0 Å². The molecule has 3 heterocycles. The minimum atomic E-state index is -0.455. The number of piperazine rings is 1. The zero-order valence-corrected chi connectivity index (χ0v) is 18.6. The number of para-hydroxylation sites is 1. The van der Waals surface area contributed by atoms with Crippen LogP contribution in [0.4, 0.5) is 0 Å². The van der Waals surface area contributed by atoms with E-state index in [0.717, 1.165) is 27.7 Å². The molecular weight excluding hydrogens is 406 g/mol. The largest absolute Gasteiger partial charge is 0.493 e. The van der Waals surface area contributed by atoms with Crippen LogP contribution in [-0.2, 0) is 22.4 Å². The summed E-state index contributed by atoms with van der Waals surface area (Å²) in [5, 5.41) is 1.14. The van der Waals surface area contributed by atoms with Crippen molar-refractivity contribution in [2.45, 2.75) is 31.8 Å². The topological polar surface area (TPSA) is 74.9 Å². The molecule has 2 aliphatic heterocycles. The SMILES string of the molecule is COc1ccc(CCN2CC(=O)N3[C@H](C)c4[nH]c5ccccc5c4C[C@H]3C2=O)cc1OC. The number of nitrogens with one attached hydrogen (secondary N) is 1. The van der Waals surface area contributed by atoms with Crippen molar-refractivity contribution in [1.29, 1.82) is 0 Å². The molecule has 3 aromatic rings. The maximum atomic E-state index is 13.4. The molecule has 5 rings (SSSR count). The van der Waals surface area contributed by atoms with E-state index in [4.69, 9.17) is 9.47 Å². The highest BCUT2D eigenvalue weighted by Gasteiger charge is 2.46. The Kier molecular flexibility index (Phi) is 5.04. The number of ether oxygens (including phenoxy) is 2. The summed E-state index contributed by atoms with van der Waals surface area (Å²) in [4.78, 5) is 33.5. The number of hydrogen-bond donors (Lipinski definition) is 1. The van der Waals surface area contributed by atoms with E-state index in [1.807, 2.05) is 43.3 Å². The second kappa shape index (κ2) is 7.89. The van der Waals surface area contributed by atoms with E-state index < -0.39 is 6.04 Å². The first-order chi connectivity index (χ1) is 15.5. The van der Waals surface area contributed by atoms with Gasteiger partial charge in [-0.3, -0.25) is 9.59 Å². The van der Waals surface area contributed by atoms with Crippen LogP contribution < -0.4 is 9.47 Å². The monoisotopic (exact) mass is 433 g/mol. The third kappa shape index (κ3) is 3.20. The highest BCUT2D eigenvalue weighted by Crippen LogP contribution is 2.39. The normalized spacial score (nSPS) is 20.3. The van der Waals surface area contributed by atoms with Crippen LogP contribution in [0.25, 0.3) is 10.9 Å². The number of rotatable bonds is 5. The van der Waals surface area contributed by atoms with Gasteiger partial charge in [-0.05, 0) is 42.7 Å². The molecule has 0 aliphatic carbocycles. The van der Waals surface area contributed by atoms with Gasteiger partial charge >= 0.3 is 0 Å². The summed E-state index contributed by atoms with van der Waals surface area (Å²) >= 11 is 0. The Hall–Kier alpha value is -3.48. The van der Waals surface area contributed by atoms with Gasteiger partial charge in [0.1, 0.15) is 6.04 Å². The first-order valence-electron chi connectivity index (χ1n) is 10.9. The Morgan fingerprint density at radius 1 is 1.06 bits per heavy atom. The van der Waals surface area contributed by atoms with Crippen molar-refractivity contribution in [1.82, 2.24) is 14.8 Å².